The summed E-state index contributed by atoms with van der Waals surface area (Å²) in [6.07, 6.45) is 3.59. The smallest absolute Gasteiger partial charge is 0.328 e. The molecule has 0 spiro atoms. The Balaban J connectivity index is 2.35. The van der Waals surface area contributed by atoms with Gasteiger partial charge in [0.1, 0.15) is 0 Å². The molecule has 2 aromatic rings. The first kappa shape index (κ1) is 12.0. The van der Waals surface area contributed by atoms with Gasteiger partial charge in [-0.2, -0.15) is 0 Å². The van der Waals surface area contributed by atoms with Gasteiger partial charge in [0.2, 0.25) is 0 Å². The minimum absolute atomic E-state index is 0.00169. The van der Waals surface area contributed by atoms with E-state index in [0.29, 0.717) is 18.8 Å². The molecule has 90 valence electrons. The van der Waals surface area contributed by atoms with Gasteiger partial charge in [0.05, 0.1) is 6.54 Å². The molecule has 1 aromatic carbocycles. The number of halogens is 1. The van der Waals surface area contributed by atoms with Gasteiger partial charge in [0.25, 0.3) is 0 Å². The van der Waals surface area contributed by atoms with Gasteiger partial charge in [-0.05, 0) is 34.5 Å². The average Bonchev–Trinajstić information content (AvgIpc) is 2.66. The molecule has 4 nitrogen and oxygen atoms in total. The third kappa shape index (κ3) is 2.29. The van der Waals surface area contributed by atoms with Crippen molar-refractivity contribution < 1.29 is 0 Å². The maximum absolute atomic E-state index is 11.9. The molecule has 0 aliphatic heterocycles. The lowest BCUT2D eigenvalue weighted by atomic mass is 10.2. The van der Waals surface area contributed by atoms with Crippen molar-refractivity contribution in [3.05, 3.63) is 51.1 Å². The molecule has 17 heavy (non-hydrogen) atoms. The molecular formula is C12H14BrN3O. The molecule has 0 unspecified atom stereocenters. The van der Waals surface area contributed by atoms with E-state index in [1.165, 1.54) is 0 Å². The van der Waals surface area contributed by atoms with Crippen molar-refractivity contribution in [3.63, 3.8) is 0 Å². The Morgan fingerprint density at radius 2 is 2.00 bits per heavy atom. The third-order valence-corrected chi connectivity index (χ3v) is 3.68. The normalized spacial score (nSPS) is 10.7. The zero-order valence-corrected chi connectivity index (χ0v) is 11.1. The van der Waals surface area contributed by atoms with E-state index < -0.39 is 0 Å². The lowest BCUT2D eigenvalue weighted by Crippen LogP contribution is -2.23. The molecule has 0 amide bonds. The molecule has 0 aliphatic carbocycles. The number of rotatable bonds is 3. The summed E-state index contributed by atoms with van der Waals surface area (Å²) in [5, 5.41) is 0. The first-order chi connectivity index (χ1) is 8.13. The molecule has 0 saturated heterocycles. The van der Waals surface area contributed by atoms with E-state index in [-0.39, 0.29) is 5.69 Å². The fourth-order valence-corrected chi connectivity index (χ4v) is 2.11. The van der Waals surface area contributed by atoms with Crippen LogP contribution in [0.15, 0.2) is 39.9 Å². The minimum atomic E-state index is 0.00169. The number of benzene rings is 1. The molecule has 2 N–H and O–H groups in total. The maximum atomic E-state index is 11.9. The Morgan fingerprint density at radius 3 is 2.65 bits per heavy atom. The van der Waals surface area contributed by atoms with Crippen molar-refractivity contribution in [2.45, 2.75) is 20.0 Å². The second-order valence-corrected chi connectivity index (χ2v) is 4.61. The van der Waals surface area contributed by atoms with Crippen LogP contribution in [-0.4, -0.2) is 9.13 Å². The van der Waals surface area contributed by atoms with E-state index in [1.807, 2.05) is 25.1 Å². The molecule has 0 bridgehead atoms. The number of anilines is 1. The molecule has 1 aromatic heterocycles. The summed E-state index contributed by atoms with van der Waals surface area (Å²) < 4.78 is 4.19. The van der Waals surface area contributed by atoms with Crippen molar-refractivity contribution in [2.24, 2.45) is 0 Å². The summed E-state index contributed by atoms with van der Waals surface area (Å²) in [5.41, 5.74) is 7.49. The van der Waals surface area contributed by atoms with Gasteiger partial charge in [0, 0.05) is 29.1 Å². The van der Waals surface area contributed by atoms with E-state index in [2.05, 4.69) is 15.9 Å². The van der Waals surface area contributed by atoms with E-state index in [1.54, 1.807) is 21.5 Å². The standard InChI is InChI=1S/C12H14BrN3O/c1-2-15-6-7-16(12(15)17)8-9-4-3-5-10(14)11(9)13/h3-7H,2,8,14H2,1H3. The van der Waals surface area contributed by atoms with Gasteiger partial charge in [-0.25, -0.2) is 4.79 Å². The zero-order valence-electron chi connectivity index (χ0n) is 9.56. The molecule has 0 atom stereocenters. The Bertz CT molecular complexity index is 586. The summed E-state index contributed by atoms with van der Waals surface area (Å²) in [6, 6.07) is 5.67. The Labute approximate surface area is 108 Å². The van der Waals surface area contributed by atoms with Crippen LogP contribution in [0.3, 0.4) is 0 Å². The van der Waals surface area contributed by atoms with Gasteiger partial charge in [-0.15, -0.1) is 0 Å². The fourth-order valence-electron chi connectivity index (χ4n) is 1.72. The second-order valence-electron chi connectivity index (χ2n) is 3.81. The lowest BCUT2D eigenvalue weighted by molar-refractivity contribution is 0.667. The van der Waals surface area contributed by atoms with Crippen LogP contribution >= 0.6 is 15.9 Å². The highest BCUT2D eigenvalue weighted by Gasteiger charge is 2.06. The summed E-state index contributed by atoms with van der Waals surface area (Å²) >= 11 is 3.44. The SMILES string of the molecule is CCn1ccn(Cc2cccc(N)c2Br)c1=O. The summed E-state index contributed by atoms with van der Waals surface area (Å²) in [5.74, 6) is 0. The number of nitrogens with zero attached hydrogens (tertiary/aromatic N) is 2. The van der Waals surface area contributed by atoms with Gasteiger partial charge >= 0.3 is 5.69 Å². The molecule has 5 heteroatoms. The average molecular weight is 296 g/mol. The molecule has 0 saturated carbocycles. The molecule has 0 aliphatic rings. The number of nitrogens with two attached hydrogens (primary N) is 1. The minimum Gasteiger partial charge on any atom is -0.398 e. The molecular weight excluding hydrogens is 282 g/mol. The fraction of sp³-hybridized carbons (Fsp3) is 0.250. The van der Waals surface area contributed by atoms with Crippen LogP contribution in [0.1, 0.15) is 12.5 Å². The number of aromatic nitrogens is 2. The highest BCUT2D eigenvalue weighted by molar-refractivity contribution is 9.10. The highest BCUT2D eigenvalue weighted by atomic mass is 79.9. The largest absolute Gasteiger partial charge is 0.398 e. The Morgan fingerprint density at radius 1 is 1.29 bits per heavy atom. The van der Waals surface area contributed by atoms with Crippen molar-refractivity contribution in [1.29, 1.82) is 0 Å². The molecule has 2 rings (SSSR count). The number of hydrogen-bond donors (Lipinski definition) is 1. The van der Waals surface area contributed by atoms with E-state index in [0.717, 1.165) is 10.0 Å². The van der Waals surface area contributed by atoms with Crippen molar-refractivity contribution >= 4 is 21.6 Å². The summed E-state index contributed by atoms with van der Waals surface area (Å²) in [7, 11) is 0. The monoisotopic (exact) mass is 295 g/mol. The van der Waals surface area contributed by atoms with E-state index in [9.17, 15) is 4.79 Å². The zero-order chi connectivity index (χ0) is 12.4. The molecule has 1 heterocycles. The number of imidazole rings is 1. The van der Waals surface area contributed by atoms with Crippen LogP contribution < -0.4 is 11.4 Å². The Kier molecular flexibility index (Phi) is 3.38. The lowest BCUT2D eigenvalue weighted by Gasteiger charge is -2.07. The highest BCUT2D eigenvalue weighted by Crippen LogP contribution is 2.24. The third-order valence-electron chi connectivity index (χ3n) is 2.71. The van der Waals surface area contributed by atoms with Gasteiger partial charge in [-0.3, -0.25) is 9.13 Å². The van der Waals surface area contributed by atoms with Crippen LogP contribution in [0.2, 0.25) is 0 Å². The van der Waals surface area contributed by atoms with Crippen LogP contribution in [0.5, 0.6) is 0 Å². The van der Waals surface area contributed by atoms with Crippen LogP contribution in [0.25, 0.3) is 0 Å². The topological polar surface area (TPSA) is 52.9 Å². The first-order valence-electron chi connectivity index (χ1n) is 5.42. The van der Waals surface area contributed by atoms with Crippen LogP contribution in [0.4, 0.5) is 5.69 Å². The predicted molar refractivity (Wildman–Crippen MR) is 72.0 cm³/mol. The predicted octanol–water partition coefficient (Wildman–Crippen LogP) is 2.06. The van der Waals surface area contributed by atoms with Crippen LogP contribution in [-0.2, 0) is 13.1 Å². The van der Waals surface area contributed by atoms with Crippen molar-refractivity contribution in [1.82, 2.24) is 9.13 Å². The van der Waals surface area contributed by atoms with Gasteiger partial charge in [0.15, 0.2) is 0 Å². The van der Waals surface area contributed by atoms with Crippen molar-refractivity contribution in [3.8, 4) is 0 Å². The number of hydrogen-bond acceptors (Lipinski definition) is 2. The van der Waals surface area contributed by atoms with Crippen LogP contribution in [0, 0.1) is 0 Å². The quantitative estimate of drug-likeness (QED) is 0.881. The Hall–Kier alpha value is -1.49. The molecule has 0 radical (unpaired) electrons. The second kappa shape index (κ2) is 4.79. The molecule has 0 fully saturated rings. The van der Waals surface area contributed by atoms with Crippen molar-refractivity contribution in [2.75, 3.05) is 5.73 Å². The summed E-state index contributed by atoms with van der Waals surface area (Å²) in [4.78, 5) is 11.9. The number of aryl methyl sites for hydroxylation is 1. The number of nitrogen functional groups attached to an aromatic ring is 1. The van der Waals surface area contributed by atoms with Gasteiger partial charge < -0.3 is 5.73 Å². The summed E-state index contributed by atoms with van der Waals surface area (Å²) in [6.45, 7) is 3.16. The van der Waals surface area contributed by atoms with E-state index in [4.69, 9.17) is 5.73 Å². The van der Waals surface area contributed by atoms with Gasteiger partial charge in [-0.1, -0.05) is 12.1 Å². The first-order valence-corrected chi connectivity index (χ1v) is 6.21. The maximum Gasteiger partial charge on any atom is 0.328 e. The van der Waals surface area contributed by atoms with E-state index >= 15 is 0 Å².